The van der Waals surface area contributed by atoms with Crippen LogP contribution < -0.4 is 0 Å². The Bertz CT molecular complexity index is 306. The highest BCUT2D eigenvalue weighted by molar-refractivity contribution is 5.66. The lowest BCUT2D eigenvalue weighted by Gasteiger charge is -1.92. The van der Waals surface area contributed by atoms with E-state index in [1.165, 1.54) is 24.6 Å². The molecule has 1 aromatic rings. The molecule has 0 aliphatic rings. The van der Waals surface area contributed by atoms with Gasteiger partial charge >= 0.3 is 5.97 Å². The van der Waals surface area contributed by atoms with Crippen LogP contribution in [0.1, 0.15) is 39.0 Å². The van der Waals surface area contributed by atoms with Gasteiger partial charge in [0, 0.05) is 12.5 Å². The number of benzene rings is 1. The number of hydrogen-bond donors (Lipinski definition) is 3. The Kier molecular flexibility index (Phi) is 8.55. The summed E-state index contributed by atoms with van der Waals surface area (Å²) in [5.41, 5.74) is 0. The first-order chi connectivity index (χ1) is 8.06. The lowest BCUT2D eigenvalue weighted by atomic mass is 10.2. The molecule has 0 bridgehead atoms. The van der Waals surface area contributed by atoms with Gasteiger partial charge in [-0.25, -0.2) is 0 Å². The van der Waals surface area contributed by atoms with Crippen molar-refractivity contribution in [1.29, 1.82) is 0 Å². The van der Waals surface area contributed by atoms with Gasteiger partial charge in [-0.3, -0.25) is 4.79 Å². The second kappa shape index (κ2) is 9.51. The second-order valence-corrected chi connectivity index (χ2v) is 3.72. The van der Waals surface area contributed by atoms with Crippen molar-refractivity contribution < 1.29 is 20.1 Å². The third kappa shape index (κ3) is 10.6. The van der Waals surface area contributed by atoms with Crippen molar-refractivity contribution in [2.24, 2.45) is 0 Å². The molecule has 1 aromatic carbocycles. The van der Waals surface area contributed by atoms with Gasteiger partial charge in [-0.15, -0.1) is 0 Å². The monoisotopic (exact) mass is 240 g/mol. The van der Waals surface area contributed by atoms with E-state index in [0.29, 0.717) is 6.42 Å². The minimum Gasteiger partial charge on any atom is -0.508 e. The van der Waals surface area contributed by atoms with Crippen molar-refractivity contribution in [3.63, 3.8) is 0 Å². The van der Waals surface area contributed by atoms with Gasteiger partial charge in [-0.1, -0.05) is 32.3 Å². The standard InChI is InChI=1S/C7H14O2.C6H6O2/c1-2-3-4-5-6-7(8)9;7-5-2-1-3-6(8)4-5/h2-6H2,1H3,(H,8,9);1-4,7-8H. The van der Waals surface area contributed by atoms with Crippen molar-refractivity contribution in [1.82, 2.24) is 0 Å². The average Bonchev–Trinajstić information content (AvgIpc) is 2.25. The Balaban J connectivity index is 0.000000302. The quantitative estimate of drug-likeness (QED) is 0.691. The van der Waals surface area contributed by atoms with Crippen LogP contribution in [-0.2, 0) is 4.79 Å². The lowest BCUT2D eigenvalue weighted by Crippen LogP contribution is -1.92. The first-order valence-electron chi connectivity index (χ1n) is 5.76. The Morgan fingerprint density at radius 1 is 1.12 bits per heavy atom. The maximum atomic E-state index is 9.96. The third-order valence-corrected chi connectivity index (χ3v) is 2.07. The number of carboxylic acids is 1. The molecule has 0 saturated carbocycles. The number of carbonyl (C=O) groups is 1. The molecule has 4 nitrogen and oxygen atoms in total. The molecule has 17 heavy (non-hydrogen) atoms. The number of aliphatic carboxylic acids is 1. The summed E-state index contributed by atoms with van der Waals surface area (Å²) in [6.07, 6.45) is 4.55. The molecular formula is C13H20O4. The van der Waals surface area contributed by atoms with Gasteiger partial charge in [0.05, 0.1) is 0 Å². The fourth-order valence-corrected chi connectivity index (χ4v) is 1.20. The van der Waals surface area contributed by atoms with Gasteiger partial charge < -0.3 is 15.3 Å². The van der Waals surface area contributed by atoms with Crippen LogP contribution in [0.3, 0.4) is 0 Å². The Labute approximate surface area is 102 Å². The number of hydrogen-bond acceptors (Lipinski definition) is 3. The lowest BCUT2D eigenvalue weighted by molar-refractivity contribution is -0.137. The number of phenolic OH excluding ortho intramolecular Hbond substituents is 2. The average molecular weight is 240 g/mol. The van der Waals surface area contributed by atoms with E-state index in [9.17, 15) is 4.79 Å². The van der Waals surface area contributed by atoms with E-state index < -0.39 is 5.97 Å². The molecule has 1 rings (SSSR count). The van der Waals surface area contributed by atoms with Crippen LogP contribution in [-0.4, -0.2) is 21.3 Å². The maximum absolute atomic E-state index is 9.96. The number of aromatic hydroxyl groups is 2. The molecular weight excluding hydrogens is 220 g/mol. The molecule has 0 unspecified atom stereocenters. The molecule has 0 amide bonds. The maximum Gasteiger partial charge on any atom is 0.303 e. The molecule has 0 aromatic heterocycles. The van der Waals surface area contributed by atoms with E-state index in [-0.39, 0.29) is 11.5 Å². The van der Waals surface area contributed by atoms with Crippen LogP contribution in [0.5, 0.6) is 11.5 Å². The zero-order chi connectivity index (χ0) is 13.1. The topological polar surface area (TPSA) is 77.8 Å². The van der Waals surface area contributed by atoms with E-state index in [4.69, 9.17) is 15.3 Å². The second-order valence-electron chi connectivity index (χ2n) is 3.72. The highest BCUT2D eigenvalue weighted by Crippen LogP contribution is 2.14. The van der Waals surface area contributed by atoms with Gasteiger partial charge in [0.2, 0.25) is 0 Å². The minimum atomic E-state index is -0.675. The molecule has 3 N–H and O–H groups in total. The summed E-state index contributed by atoms with van der Waals surface area (Å²) >= 11 is 0. The zero-order valence-corrected chi connectivity index (χ0v) is 10.1. The zero-order valence-electron chi connectivity index (χ0n) is 10.1. The molecule has 0 spiro atoms. The molecule has 0 aliphatic heterocycles. The highest BCUT2D eigenvalue weighted by Gasteiger charge is 1.93. The summed E-state index contributed by atoms with van der Waals surface area (Å²) in [5.74, 6) is -0.499. The van der Waals surface area contributed by atoms with E-state index in [0.717, 1.165) is 19.3 Å². The first-order valence-corrected chi connectivity index (χ1v) is 5.76. The SMILES string of the molecule is CCCCCCC(=O)O.Oc1cccc(O)c1. The van der Waals surface area contributed by atoms with E-state index >= 15 is 0 Å². The van der Waals surface area contributed by atoms with Crippen molar-refractivity contribution in [2.75, 3.05) is 0 Å². The summed E-state index contributed by atoms with van der Waals surface area (Å²) < 4.78 is 0. The smallest absolute Gasteiger partial charge is 0.303 e. The van der Waals surface area contributed by atoms with E-state index in [2.05, 4.69) is 6.92 Å². The summed E-state index contributed by atoms with van der Waals surface area (Å²) in [4.78, 5) is 9.96. The van der Waals surface area contributed by atoms with Gasteiger partial charge in [0.15, 0.2) is 0 Å². The molecule has 4 heteroatoms. The van der Waals surface area contributed by atoms with Crippen molar-refractivity contribution >= 4 is 5.97 Å². The molecule has 0 fully saturated rings. The van der Waals surface area contributed by atoms with Crippen LogP contribution >= 0.6 is 0 Å². The van der Waals surface area contributed by atoms with Gasteiger partial charge in [-0.2, -0.15) is 0 Å². The predicted molar refractivity (Wildman–Crippen MR) is 66.2 cm³/mol. The number of unbranched alkanes of at least 4 members (excludes halogenated alkanes) is 3. The highest BCUT2D eigenvalue weighted by atomic mass is 16.4. The van der Waals surface area contributed by atoms with E-state index in [1.807, 2.05) is 0 Å². The first kappa shape index (κ1) is 15.3. The molecule has 0 atom stereocenters. The van der Waals surface area contributed by atoms with Crippen LogP contribution in [0.2, 0.25) is 0 Å². The van der Waals surface area contributed by atoms with Gasteiger partial charge in [0.25, 0.3) is 0 Å². The Morgan fingerprint density at radius 3 is 2.06 bits per heavy atom. The number of phenols is 2. The normalized spacial score (nSPS) is 9.24. The fraction of sp³-hybridized carbons (Fsp3) is 0.462. The largest absolute Gasteiger partial charge is 0.508 e. The van der Waals surface area contributed by atoms with E-state index in [1.54, 1.807) is 6.07 Å². The number of rotatable bonds is 5. The minimum absolute atomic E-state index is 0.0880. The molecule has 0 saturated heterocycles. The summed E-state index contributed by atoms with van der Waals surface area (Å²) in [6, 6.07) is 5.85. The van der Waals surface area contributed by atoms with Crippen LogP contribution in [0.15, 0.2) is 24.3 Å². The molecule has 0 radical (unpaired) electrons. The summed E-state index contributed by atoms with van der Waals surface area (Å²) in [7, 11) is 0. The van der Waals surface area contributed by atoms with Crippen molar-refractivity contribution in [3.05, 3.63) is 24.3 Å². The fourth-order valence-electron chi connectivity index (χ4n) is 1.20. The van der Waals surface area contributed by atoms with Crippen LogP contribution in [0.25, 0.3) is 0 Å². The van der Waals surface area contributed by atoms with Crippen LogP contribution in [0.4, 0.5) is 0 Å². The summed E-state index contributed by atoms with van der Waals surface area (Å²) in [6.45, 7) is 2.11. The third-order valence-electron chi connectivity index (χ3n) is 2.07. The number of carboxylic acid groups (broad SMARTS) is 1. The molecule has 0 aliphatic carbocycles. The van der Waals surface area contributed by atoms with Crippen molar-refractivity contribution in [3.8, 4) is 11.5 Å². The Morgan fingerprint density at radius 2 is 1.71 bits per heavy atom. The summed E-state index contributed by atoms with van der Waals surface area (Å²) in [5, 5.41) is 25.5. The van der Waals surface area contributed by atoms with Crippen molar-refractivity contribution in [2.45, 2.75) is 39.0 Å². The van der Waals surface area contributed by atoms with Gasteiger partial charge in [0.1, 0.15) is 11.5 Å². The molecule has 96 valence electrons. The predicted octanol–water partition coefficient (Wildman–Crippen LogP) is 3.14. The molecule has 0 heterocycles. The van der Waals surface area contributed by atoms with Crippen LogP contribution in [0, 0.1) is 0 Å². The van der Waals surface area contributed by atoms with Gasteiger partial charge in [-0.05, 0) is 18.6 Å². The Hall–Kier alpha value is -1.71.